The molecular weight excluding hydrogens is 418 g/mol. The lowest BCUT2D eigenvalue weighted by Gasteiger charge is -2.63. The fourth-order valence-electron chi connectivity index (χ4n) is 9.27. The van der Waals surface area contributed by atoms with E-state index in [0.29, 0.717) is 18.3 Å². The molecule has 4 rings (SSSR count). The molecule has 0 spiro atoms. The molecule has 4 saturated carbocycles. The standard InChI is InChI=1S/C29H46F2O2/c1-18(2)8-7-9-19(3)23-10-11-24-26-25(13-15-28(23,24)6)27(5)14-12-22(33-20(4)32)16-21(27)17-29(26,30)31/h8,19,21-26H,7,9-17H2,1-6H3/t19-,21-,22+,23-,24+,25+,26+,27+,28-/m1/s1. The Morgan fingerprint density at radius 1 is 1.03 bits per heavy atom. The molecule has 4 aliphatic carbocycles. The van der Waals surface area contributed by atoms with Gasteiger partial charge in [-0.25, -0.2) is 8.78 Å². The number of esters is 1. The summed E-state index contributed by atoms with van der Waals surface area (Å²) in [6, 6.07) is 0. The minimum Gasteiger partial charge on any atom is -0.463 e. The van der Waals surface area contributed by atoms with Crippen LogP contribution in [0.3, 0.4) is 0 Å². The van der Waals surface area contributed by atoms with Crippen molar-refractivity contribution in [2.75, 3.05) is 0 Å². The molecule has 33 heavy (non-hydrogen) atoms. The lowest BCUT2D eigenvalue weighted by Crippen LogP contribution is -2.61. The van der Waals surface area contributed by atoms with Gasteiger partial charge in [0.05, 0.1) is 0 Å². The minimum atomic E-state index is -2.61. The van der Waals surface area contributed by atoms with Crippen LogP contribution >= 0.6 is 0 Å². The summed E-state index contributed by atoms with van der Waals surface area (Å²) < 4.78 is 37.4. The van der Waals surface area contributed by atoms with E-state index >= 15 is 8.78 Å². The van der Waals surface area contributed by atoms with E-state index in [1.165, 1.54) is 18.9 Å². The molecule has 0 bridgehead atoms. The predicted molar refractivity (Wildman–Crippen MR) is 129 cm³/mol. The lowest BCUT2D eigenvalue weighted by atomic mass is 9.43. The van der Waals surface area contributed by atoms with Crippen molar-refractivity contribution in [2.24, 2.45) is 46.3 Å². The Hall–Kier alpha value is -0.930. The number of hydrogen-bond acceptors (Lipinski definition) is 2. The maximum atomic E-state index is 16.0. The monoisotopic (exact) mass is 464 g/mol. The summed E-state index contributed by atoms with van der Waals surface area (Å²) in [7, 11) is 0. The molecular formula is C29H46F2O2. The molecule has 0 N–H and O–H groups in total. The van der Waals surface area contributed by atoms with Gasteiger partial charge in [-0.1, -0.05) is 32.4 Å². The van der Waals surface area contributed by atoms with Crippen molar-refractivity contribution in [2.45, 2.75) is 118 Å². The van der Waals surface area contributed by atoms with Crippen molar-refractivity contribution in [1.82, 2.24) is 0 Å². The Bertz CT molecular complexity index is 772. The number of rotatable bonds is 5. The first-order chi connectivity index (χ1) is 15.4. The van der Waals surface area contributed by atoms with E-state index in [1.54, 1.807) is 0 Å². The number of halogens is 2. The largest absolute Gasteiger partial charge is 0.463 e. The van der Waals surface area contributed by atoms with Crippen LogP contribution in [-0.2, 0) is 9.53 Å². The van der Waals surface area contributed by atoms with Gasteiger partial charge in [-0.3, -0.25) is 4.79 Å². The number of allylic oxidation sites excluding steroid dienone is 2. The highest BCUT2D eigenvalue weighted by atomic mass is 19.3. The molecule has 0 amide bonds. The van der Waals surface area contributed by atoms with E-state index in [2.05, 4.69) is 40.7 Å². The van der Waals surface area contributed by atoms with Crippen LogP contribution in [0.5, 0.6) is 0 Å². The van der Waals surface area contributed by atoms with Gasteiger partial charge in [0.25, 0.3) is 5.92 Å². The van der Waals surface area contributed by atoms with Gasteiger partial charge in [0, 0.05) is 19.3 Å². The quantitative estimate of drug-likeness (QED) is 0.303. The summed E-state index contributed by atoms with van der Waals surface area (Å²) in [6.45, 7) is 12.8. The average molecular weight is 465 g/mol. The van der Waals surface area contributed by atoms with E-state index < -0.39 is 11.8 Å². The summed E-state index contributed by atoms with van der Waals surface area (Å²) >= 11 is 0. The molecule has 4 aliphatic rings. The van der Waals surface area contributed by atoms with Crippen LogP contribution in [0, 0.1) is 46.3 Å². The topological polar surface area (TPSA) is 26.3 Å². The molecule has 0 saturated heterocycles. The van der Waals surface area contributed by atoms with Crippen molar-refractivity contribution in [3.05, 3.63) is 11.6 Å². The van der Waals surface area contributed by atoms with Gasteiger partial charge in [0.1, 0.15) is 6.10 Å². The van der Waals surface area contributed by atoms with Crippen LogP contribution < -0.4 is 0 Å². The third-order valence-corrected chi connectivity index (χ3v) is 10.9. The molecule has 2 nitrogen and oxygen atoms in total. The van der Waals surface area contributed by atoms with Crippen LogP contribution in [0.1, 0.15) is 106 Å². The summed E-state index contributed by atoms with van der Waals surface area (Å²) in [5.74, 6) is -2.02. The second-order valence-electron chi connectivity index (χ2n) is 13.0. The van der Waals surface area contributed by atoms with E-state index in [9.17, 15) is 4.79 Å². The van der Waals surface area contributed by atoms with Crippen molar-refractivity contribution in [1.29, 1.82) is 0 Å². The predicted octanol–water partition coefficient (Wildman–Crippen LogP) is 8.20. The van der Waals surface area contributed by atoms with Crippen molar-refractivity contribution in [3.8, 4) is 0 Å². The molecule has 0 unspecified atom stereocenters. The second kappa shape index (κ2) is 8.94. The number of ether oxygens (including phenoxy) is 1. The molecule has 0 heterocycles. The van der Waals surface area contributed by atoms with Crippen LogP contribution in [-0.4, -0.2) is 18.0 Å². The van der Waals surface area contributed by atoms with Crippen LogP contribution in [0.25, 0.3) is 0 Å². The zero-order valence-electron chi connectivity index (χ0n) is 21.8. The average Bonchev–Trinajstić information content (AvgIpc) is 3.05. The molecule has 0 aromatic rings. The number of carbonyl (C=O) groups is 1. The van der Waals surface area contributed by atoms with Crippen molar-refractivity contribution in [3.63, 3.8) is 0 Å². The summed E-state index contributed by atoms with van der Waals surface area (Å²) in [5, 5.41) is 0. The minimum absolute atomic E-state index is 0.0181. The highest BCUT2D eigenvalue weighted by molar-refractivity contribution is 5.66. The second-order valence-corrected chi connectivity index (χ2v) is 13.0. The third-order valence-electron chi connectivity index (χ3n) is 10.9. The van der Waals surface area contributed by atoms with Gasteiger partial charge in [-0.15, -0.1) is 0 Å². The maximum absolute atomic E-state index is 16.0. The first-order valence-corrected chi connectivity index (χ1v) is 13.6. The van der Waals surface area contributed by atoms with Gasteiger partial charge >= 0.3 is 5.97 Å². The third kappa shape index (κ3) is 4.42. The Kier molecular flexibility index (Phi) is 6.82. The lowest BCUT2D eigenvalue weighted by molar-refractivity contribution is -0.239. The van der Waals surface area contributed by atoms with E-state index in [0.717, 1.165) is 44.9 Å². The van der Waals surface area contributed by atoms with Crippen LogP contribution in [0.15, 0.2) is 11.6 Å². The molecule has 0 aliphatic heterocycles. The number of fused-ring (bicyclic) bond motifs is 5. The van der Waals surface area contributed by atoms with Gasteiger partial charge in [-0.2, -0.15) is 0 Å². The fraction of sp³-hybridized carbons (Fsp3) is 0.897. The normalized spacial score (nSPS) is 44.7. The van der Waals surface area contributed by atoms with E-state index in [-0.39, 0.29) is 47.1 Å². The van der Waals surface area contributed by atoms with Gasteiger partial charge in [0.2, 0.25) is 0 Å². The molecule has 4 fully saturated rings. The Labute approximate surface area is 200 Å². The Balaban J connectivity index is 1.54. The van der Waals surface area contributed by atoms with Crippen molar-refractivity contribution >= 4 is 5.97 Å². The van der Waals surface area contributed by atoms with Gasteiger partial charge in [0.15, 0.2) is 0 Å². The molecule has 0 radical (unpaired) electrons. The summed E-state index contributed by atoms with van der Waals surface area (Å²) in [6.07, 6.45) is 10.9. The first kappa shape index (κ1) is 25.2. The van der Waals surface area contributed by atoms with Gasteiger partial charge in [-0.05, 0) is 112 Å². The zero-order chi connectivity index (χ0) is 24.2. The van der Waals surface area contributed by atoms with E-state index in [4.69, 9.17) is 4.74 Å². The highest BCUT2D eigenvalue weighted by Gasteiger charge is 2.68. The SMILES string of the molecule is CC(=O)O[C@H]1CC[C@@]2(C)[C@H](C1)CC(F)(F)[C@@H]1[C@@H]2CC[C@]2(C)[C@@H]([C@H](C)CCC=C(C)C)CC[C@@H]12. The number of hydrogen-bond donors (Lipinski definition) is 0. The zero-order valence-corrected chi connectivity index (χ0v) is 21.8. The molecule has 0 aromatic carbocycles. The van der Waals surface area contributed by atoms with Crippen LogP contribution in [0.2, 0.25) is 0 Å². The number of alkyl halides is 2. The fourth-order valence-corrected chi connectivity index (χ4v) is 9.27. The van der Waals surface area contributed by atoms with E-state index in [1.807, 2.05) is 0 Å². The number of carbonyl (C=O) groups excluding carboxylic acids is 1. The maximum Gasteiger partial charge on any atom is 0.302 e. The highest BCUT2D eigenvalue weighted by Crippen LogP contribution is 2.71. The summed E-state index contributed by atoms with van der Waals surface area (Å²) in [5.41, 5.74) is 1.37. The molecule has 9 atom stereocenters. The van der Waals surface area contributed by atoms with Gasteiger partial charge < -0.3 is 4.74 Å². The summed E-state index contributed by atoms with van der Waals surface area (Å²) in [4.78, 5) is 11.5. The molecule has 0 aromatic heterocycles. The van der Waals surface area contributed by atoms with Crippen molar-refractivity contribution < 1.29 is 18.3 Å². The van der Waals surface area contributed by atoms with Crippen LogP contribution in [0.4, 0.5) is 8.78 Å². The molecule has 4 heteroatoms. The first-order valence-electron chi connectivity index (χ1n) is 13.6. The molecule has 188 valence electrons. The Morgan fingerprint density at radius 3 is 2.36 bits per heavy atom. The Morgan fingerprint density at radius 2 is 1.70 bits per heavy atom. The smallest absolute Gasteiger partial charge is 0.302 e.